The molecule has 1 aliphatic heterocycles. The van der Waals surface area contributed by atoms with Crippen LogP contribution < -0.4 is 5.32 Å². The molecule has 10 heteroatoms. The molecule has 1 saturated heterocycles. The number of rotatable bonds is 5. The second kappa shape index (κ2) is 9.03. The van der Waals surface area contributed by atoms with Crippen LogP contribution in [0.3, 0.4) is 0 Å². The van der Waals surface area contributed by atoms with Crippen molar-refractivity contribution in [1.29, 1.82) is 0 Å². The van der Waals surface area contributed by atoms with Crippen LogP contribution in [0.5, 0.6) is 0 Å². The molecule has 1 aromatic heterocycles. The minimum absolute atomic E-state index is 0.0498. The Morgan fingerprint density at radius 2 is 1.84 bits per heavy atom. The summed E-state index contributed by atoms with van der Waals surface area (Å²) in [6, 6.07) is 12.2. The number of hydrogen-bond acceptors (Lipinski definition) is 5. The summed E-state index contributed by atoms with van der Waals surface area (Å²) in [5.74, 6) is -0.389. The van der Waals surface area contributed by atoms with Crippen LogP contribution in [0.4, 0.5) is 5.69 Å². The maximum absolute atomic E-state index is 13.0. The first-order valence-electron chi connectivity index (χ1n) is 10.1. The van der Waals surface area contributed by atoms with Crippen LogP contribution in [0.25, 0.3) is 5.69 Å². The Bertz CT molecular complexity index is 1270. The third-order valence-electron chi connectivity index (χ3n) is 5.38. The SMILES string of the molecule is Cc1ccccc1-n1ncc(C(=O)Nc2ccc(Cl)c(S(=O)(=O)N3CCOCC3)c2)c1C. The molecule has 0 atom stereocenters. The Balaban J connectivity index is 1.60. The van der Waals surface area contributed by atoms with E-state index in [1.165, 1.54) is 22.6 Å². The van der Waals surface area contributed by atoms with Crippen molar-refractivity contribution in [2.24, 2.45) is 0 Å². The quantitative estimate of drug-likeness (QED) is 0.611. The van der Waals surface area contributed by atoms with E-state index in [4.69, 9.17) is 16.3 Å². The lowest BCUT2D eigenvalue weighted by atomic mass is 10.2. The summed E-state index contributed by atoms with van der Waals surface area (Å²) in [6.45, 7) is 4.96. The summed E-state index contributed by atoms with van der Waals surface area (Å²) in [5.41, 5.74) is 3.30. The van der Waals surface area contributed by atoms with Gasteiger partial charge in [-0.15, -0.1) is 0 Å². The van der Waals surface area contributed by atoms with Gasteiger partial charge in [0, 0.05) is 18.8 Å². The molecule has 0 radical (unpaired) electrons. The van der Waals surface area contributed by atoms with E-state index in [0.29, 0.717) is 30.2 Å². The standard InChI is InChI=1S/C22H23ClN4O4S/c1-15-5-3-4-6-20(15)27-16(2)18(14-24-27)22(28)25-17-7-8-19(23)21(13-17)32(29,30)26-9-11-31-12-10-26/h3-8,13-14H,9-12H2,1-2H3,(H,25,28). The van der Waals surface area contributed by atoms with E-state index in [9.17, 15) is 13.2 Å². The van der Waals surface area contributed by atoms with Crippen molar-refractivity contribution in [3.05, 3.63) is 70.5 Å². The van der Waals surface area contributed by atoms with Crippen LogP contribution in [-0.4, -0.2) is 54.7 Å². The molecular formula is C22H23ClN4O4S. The number of nitrogens with one attached hydrogen (secondary N) is 1. The van der Waals surface area contributed by atoms with Gasteiger partial charge in [-0.2, -0.15) is 9.40 Å². The van der Waals surface area contributed by atoms with Crippen molar-refractivity contribution in [3.63, 3.8) is 0 Å². The number of halogens is 1. The van der Waals surface area contributed by atoms with E-state index in [-0.39, 0.29) is 28.9 Å². The third-order valence-corrected chi connectivity index (χ3v) is 7.76. The zero-order chi connectivity index (χ0) is 22.9. The van der Waals surface area contributed by atoms with Crippen molar-refractivity contribution in [3.8, 4) is 5.69 Å². The molecule has 32 heavy (non-hydrogen) atoms. The number of carbonyl (C=O) groups excluding carboxylic acids is 1. The topological polar surface area (TPSA) is 93.5 Å². The van der Waals surface area contributed by atoms with Gasteiger partial charge < -0.3 is 10.1 Å². The molecular weight excluding hydrogens is 452 g/mol. The number of ether oxygens (including phenoxy) is 1. The molecule has 1 fully saturated rings. The fraction of sp³-hybridized carbons (Fsp3) is 0.273. The molecule has 0 spiro atoms. The molecule has 8 nitrogen and oxygen atoms in total. The zero-order valence-corrected chi connectivity index (χ0v) is 19.3. The normalized spacial score (nSPS) is 15.0. The molecule has 0 unspecified atom stereocenters. The summed E-state index contributed by atoms with van der Waals surface area (Å²) in [5, 5.41) is 7.22. The van der Waals surface area contributed by atoms with E-state index < -0.39 is 10.0 Å². The van der Waals surface area contributed by atoms with Gasteiger partial charge in [-0.25, -0.2) is 13.1 Å². The number of benzene rings is 2. The summed E-state index contributed by atoms with van der Waals surface area (Å²) in [7, 11) is -3.81. The second-order valence-electron chi connectivity index (χ2n) is 7.46. The van der Waals surface area contributed by atoms with Crippen molar-refractivity contribution >= 4 is 33.2 Å². The summed E-state index contributed by atoms with van der Waals surface area (Å²) >= 11 is 6.20. The van der Waals surface area contributed by atoms with E-state index in [0.717, 1.165) is 11.3 Å². The minimum atomic E-state index is -3.81. The molecule has 4 rings (SSSR count). The molecule has 0 saturated carbocycles. The Labute approximate surface area is 191 Å². The number of hydrogen-bond donors (Lipinski definition) is 1. The van der Waals surface area contributed by atoms with Crippen LogP contribution in [0, 0.1) is 13.8 Å². The highest BCUT2D eigenvalue weighted by Gasteiger charge is 2.29. The van der Waals surface area contributed by atoms with Gasteiger partial charge in [-0.05, 0) is 43.7 Å². The number of carbonyl (C=O) groups is 1. The number of sulfonamides is 1. The van der Waals surface area contributed by atoms with Crippen LogP contribution >= 0.6 is 11.6 Å². The molecule has 2 aromatic carbocycles. The van der Waals surface area contributed by atoms with Crippen LogP contribution in [0.2, 0.25) is 5.02 Å². The second-order valence-corrected chi connectivity index (χ2v) is 9.77. The number of nitrogens with zero attached hydrogens (tertiary/aromatic N) is 3. The molecule has 0 bridgehead atoms. The molecule has 168 valence electrons. The molecule has 1 amide bonds. The maximum atomic E-state index is 13.0. The third kappa shape index (κ3) is 4.29. The summed E-state index contributed by atoms with van der Waals surface area (Å²) < 4.78 is 34.3. The van der Waals surface area contributed by atoms with Gasteiger partial charge in [0.15, 0.2) is 0 Å². The van der Waals surface area contributed by atoms with Crippen molar-refractivity contribution < 1.29 is 17.9 Å². The zero-order valence-electron chi connectivity index (χ0n) is 17.7. The number of morpholine rings is 1. The van der Waals surface area contributed by atoms with E-state index in [2.05, 4.69) is 10.4 Å². The first-order valence-corrected chi connectivity index (χ1v) is 11.9. The number of amides is 1. The predicted molar refractivity (Wildman–Crippen MR) is 122 cm³/mol. The van der Waals surface area contributed by atoms with Gasteiger partial charge in [0.05, 0.1) is 41.4 Å². The first kappa shape index (κ1) is 22.5. The number of aryl methyl sites for hydroxylation is 1. The molecule has 1 N–H and O–H groups in total. The highest BCUT2D eigenvalue weighted by molar-refractivity contribution is 7.89. The Morgan fingerprint density at radius 3 is 2.56 bits per heavy atom. The van der Waals surface area contributed by atoms with E-state index >= 15 is 0 Å². The van der Waals surface area contributed by atoms with E-state index in [1.54, 1.807) is 10.7 Å². The molecule has 3 aromatic rings. The molecule has 0 aliphatic carbocycles. The first-order chi connectivity index (χ1) is 15.3. The maximum Gasteiger partial charge on any atom is 0.259 e. The fourth-order valence-electron chi connectivity index (χ4n) is 3.58. The van der Waals surface area contributed by atoms with Gasteiger partial charge in [-0.1, -0.05) is 29.8 Å². The van der Waals surface area contributed by atoms with E-state index in [1.807, 2.05) is 38.1 Å². The number of anilines is 1. The van der Waals surface area contributed by atoms with Crippen molar-refractivity contribution in [2.45, 2.75) is 18.7 Å². The number of para-hydroxylation sites is 1. The van der Waals surface area contributed by atoms with Gasteiger partial charge >= 0.3 is 0 Å². The lowest BCUT2D eigenvalue weighted by Gasteiger charge is -2.26. The highest BCUT2D eigenvalue weighted by Crippen LogP contribution is 2.29. The smallest absolute Gasteiger partial charge is 0.259 e. The van der Waals surface area contributed by atoms with Crippen LogP contribution in [-0.2, 0) is 14.8 Å². The average molecular weight is 475 g/mol. The Hall–Kier alpha value is -2.72. The Kier molecular flexibility index (Phi) is 6.34. The lowest BCUT2D eigenvalue weighted by Crippen LogP contribution is -2.40. The van der Waals surface area contributed by atoms with Gasteiger partial charge in [0.1, 0.15) is 4.90 Å². The number of aromatic nitrogens is 2. The van der Waals surface area contributed by atoms with Gasteiger partial charge in [0.2, 0.25) is 10.0 Å². The molecule has 1 aliphatic rings. The van der Waals surface area contributed by atoms with Crippen molar-refractivity contribution in [2.75, 3.05) is 31.6 Å². The predicted octanol–water partition coefficient (Wildman–Crippen LogP) is 3.42. The fourth-order valence-corrected chi connectivity index (χ4v) is 5.49. The largest absolute Gasteiger partial charge is 0.379 e. The summed E-state index contributed by atoms with van der Waals surface area (Å²) in [4.78, 5) is 12.9. The molecule has 2 heterocycles. The van der Waals surface area contributed by atoms with Gasteiger partial charge in [-0.3, -0.25) is 4.79 Å². The van der Waals surface area contributed by atoms with Crippen molar-refractivity contribution in [1.82, 2.24) is 14.1 Å². The van der Waals surface area contributed by atoms with Crippen LogP contribution in [0.15, 0.2) is 53.6 Å². The van der Waals surface area contributed by atoms with Gasteiger partial charge in [0.25, 0.3) is 5.91 Å². The monoisotopic (exact) mass is 474 g/mol. The summed E-state index contributed by atoms with van der Waals surface area (Å²) in [6.07, 6.45) is 1.50. The highest BCUT2D eigenvalue weighted by atomic mass is 35.5. The lowest BCUT2D eigenvalue weighted by molar-refractivity contribution is 0.0730. The average Bonchev–Trinajstić information content (AvgIpc) is 3.17. The minimum Gasteiger partial charge on any atom is -0.379 e. The Morgan fingerprint density at radius 1 is 1.12 bits per heavy atom. The van der Waals surface area contributed by atoms with Crippen LogP contribution in [0.1, 0.15) is 21.6 Å².